The standard InChI is InChI=1S/C29H35F2N3O3/c1-6-27(3,4)12-11-19-7-9-22(13-18(19)2)28(5)23(21-14-29(30,31)15-21)17-34(26(37)33-28)24-10-8-20(16-32-24)25(35)36/h7-10,13,16-17,21H,6,11-12,14-15H2,1-5H3,(H,33,37)(H,35,36)/t28-/m0/s1. The fourth-order valence-corrected chi connectivity index (χ4v) is 5.07. The van der Waals surface area contributed by atoms with Gasteiger partial charge in [-0.05, 0) is 72.4 Å². The minimum Gasteiger partial charge on any atom is -0.478 e. The number of carbonyl (C=O) groups excluding carboxylic acids is 1. The number of aromatic nitrogens is 1. The number of rotatable bonds is 8. The molecule has 8 heteroatoms. The molecule has 0 spiro atoms. The van der Waals surface area contributed by atoms with E-state index in [1.807, 2.05) is 19.9 Å². The molecule has 1 aromatic carbocycles. The quantitative estimate of drug-likeness (QED) is 0.407. The van der Waals surface area contributed by atoms with Gasteiger partial charge in [0.1, 0.15) is 5.82 Å². The van der Waals surface area contributed by atoms with E-state index in [1.165, 1.54) is 28.8 Å². The molecule has 1 fully saturated rings. The van der Waals surface area contributed by atoms with Gasteiger partial charge in [-0.3, -0.25) is 4.90 Å². The van der Waals surface area contributed by atoms with Crippen LogP contribution in [0.2, 0.25) is 0 Å². The number of carbonyl (C=O) groups is 2. The number of benzene rings is 1. The average Bonchev–Trinajstić information content (AvgIpc) is 2.82. The normalized spacial score (nSPS) is 21.8. The molecule has 1 aliphatic heterocycles. The van der Waals surface area contributed by atoms with E-state index in [0.29, 0.717) is 5.57 Å². The maximum Gasteiger partial charge on any atom is 0.337 e. The van der Waals surface area contributed by atoms with Crippen molar-refractivity contribution in [3.8, 4) is 0 Å². The number of urea groups is 1. The van der Waals surface area contributed by atoms with Crippen molar-refractivity contribution in [2.24, 2.45) is 11.3 Å². The maximum atomic E-state index is 13.9. The number of nitrogens with zero attached hydrogens (tertiary/aromatic N) is 2. The lowest BCUT2D eigenvalue weighted by Crippen LogP contribution is -2.57. The van der Waals surface area contributed by atoms with E-state index < -0.39 is 29.4 Å². The van der Waals surface area contributed by atoms with Gasteiger partial charge in [-0.25, -0.2) is 23.4 Å². The minimum atomic E-state index is -2.73. The van der Waals surface area contributed by atoms with Gasteiger partial charge in [0, 0.05) is 25.2 Å². The third kappa shape index (κ3) is 5.38. The summed E-state index contributed by atoms with van der Waals surface area (Å²) in [4.78, 5) is 29.8. The van der Waals surface area contributed by atoms with Crippen molar-refractivity contribution in [1.29, 1.82) is 0 Å². The van der Waals surface area contributed by atoms with Gasteiger partial charge in [0.05, 0.1) is 11.1 Å². The number of alkyl halides is 2. The van der Waals surface area contributed by atoms with E-state index in [-0.39, 0.29) is 29.6 Å². The largest absolute Gasteiger partial charge is 0.478 e. The Morgan fingerprint density at radius 1 is 1.24 bits per heavy atom. The topological polar surface area (TPSA) is 82.5 Å². The van der Waals surface area contributed by atoms with Gasteiger partial charge < -0.3 is 10.4 Å². The first-order valence-electron chi connectivity index (χ1n) is 12.8. The van der Waals surface area contributed by atoms with Crippen LogP contribution in [0.1, 0.15) is 80.4 Å². The van der Waals surface area contributed by atoms with Crippen molar-refractivity contribution in [2.45, 2.75) is 78.2 Å². The molecule has 37 heavy (non-hydrogen) atoms. The summed E-state index contributed by atoms with van der Waals surface area (Å²) in [5.74, 6) is -4.05. The van der Waals surface area contributed by atoms with Crippen molar-refractivity contribution in [2.75, 3.05) is 4.90 Å². The number of halogens is 2. The molecule has 2 aromatic rings. The van der Waals surface area contributed by atoms with E-state index >= 15 is 0 Å². The zero-order chi connectivity index (χ0) is 27.2. The predicted octanol–water partition coefficient (Wildman–Crippen LogP) is 6.83. The first kappa shape index (κ1) is 26.8. The Kier molecular flexibility index (Phi) is 6.90. The van der Waals surface area contributed by atoms with Gasteiger partial charge in [-0.15, -0.1) is 0 Å². The number of anilines is 1. The Bertz CT molecular complexity index is 1230. The van der Waals surface area contributed by atoms with Crippen LogP contribution < -0.4 is 10.2 Å². The molecule has 0 unspecified atom stereocenters. The molecule has 2 heterocycles. The van der Waals surface area contributed by atoms with Crippen LogP contribution in [0.3, 0.4) is 0 Å². The Morgan fingerprint density at radius 2 is 1.95 bits per heavy atom. The van der Waals surface area contributed by atoms with Crippen LogP contribution in [-0.2, 0) is 12.0 Å². The van der Waals surface area contributed by atoms with Crippen molar-refractivity contribution in [3.63, 3.8) is 0 Å². The van der Waals surface area contributed by atoms with E-state index in [9.17, 15) is 18.4 Å². The van der Waals surface area contributed by atoms with Crippen molar-refractivity contribution < 1.29 is 23.5 Å². The third-order valence-corrected chi connectivity index (χ3v) is 8.14. The zero-order valence-corrected chi connectivity index (χ0v) is 22.1. The number of carboxylic acids is 1. The average molecular weight is 512 g/mol. The van der Waals surface area contributed by atoms with Crippen molar-refractivity contribution in [1.82, 2.24) is 10.3 Å². The monoisotopic (exact) mass is 511 g/mol. The number of hydrogen-bond donors (Lipinski definition) is 2. The SMILES string of the molecule is CCC(C)(C)CCc1ccc([C@]2(C)NC(=O)N(c3ccc(C(=O)O)cn3)C=C2C2CC(F)(F)C2)cc1C. The molecule has 1 atom stereocenters. The lowest BCUT2D eigenvalue weighted by Gasteiger charge is -2.47. The Balaban J connectivity index is 1.69. The smallest absolute Gasteiger partial charge is 0.337 e. The number of aryl methyl sites for hydroxylation is 2. The van der Waals surface area contributed by atoms with Crippen LogP contribution in [0.15, 0.2) is 48.3 Å². The van der Waals surface area contributed by atoms with Gasteiger partial charge in [-0.2, -0.15) is 0 Å². The molecule has 1 aliphatic carbocycles. The van der Waals surface area contributed by atoms with E-state index in [1.54, 1.807) is 6.20 Å². The fourth-order valence-electron chi connectivity index (χ4n) is 5.07. The first-order valence-corrected chi connectivity index (χ1v) is 12.8. The van der Waals surface area contributed by atoms with Crippen LogP contribution >= 0.6 is 0 Å². The van der Waals surface area contributed by atoms with Gasteiger partial charge in [0.2, 0.25) is 5.92 Å². The second-order valence-corrected chi connectivity index (χ2v) is 11.3. The van der Waals surface area contributed by atoms with E-state index in [4.69, 9.17) is 5.11 Å². The highest BCUT2D eigenvalue weighted by Gasteiger charge is 2.52. The minimum absolute atomic E-state index is 0.00765. The Labute approximate surface area is 216 Å². The number of nitrogens with one attached hydrogen (secondary N) is 1. The van der Waals surface area contributed by atoms with Gasteiger partial charge in [0.25, 0.3) is 0 Å². The molecule has 0 bridgehead atoms. The molecule has 1 saturated carbocycles. The molecule has 1 aromatic heterocycles. The van der Waals surface area contributed by atoms with E-state index in [0.717, 1.165) is 30.4 Å². The summed E-state index contributed by atoms with van der Waals surface area (Å²) in [5.41, 5.74) is 3.13. The summed E-state index contributed by atoms with van der Waals surface area (Å²) in [6, 6.07) is 8.46. The summed E-state index contributed by atoms with van der Waals surface area (Å²) in [5, 5.41) is 12.2. The zero-order valence-electron chi connectivity index (χ0n) is 22.1. The summed E-state index contributed by atoms with van der Waals surface area (Å²) >= 11 is 0. The van der Waals surface area contributed by atoms with Crippen LogP contribution in [0, 0.1) is 18.3 Å². The summed E-state index contributed by atoms with van der Waals surface area (Å²) < 4.78 is 27.9. The Morgan fingerprint density at radius 3 is 2.49 bits per heavy atom. The van der Waals surface area contributed by atoms with Crippen LogP contribution in [0.5, 0.6) is 0 Å². The molecule has 2 amide bonds. The highest BCUT2D eigenvalue weighted by atomic mass is 19.3. The number of carboxylic acid groups (broad SMARTS) is 1. The molecule has 2 aliphatic rings. The second-order valence-electron chi connectivity index (χ2n) is 11.3. The number of hydrogen-bond acceptors (Lipinski definition) is 3. The number of amides is 2. The molecular weight excluding hydrogens is 476 g/mol. The molecule has 198 valence electrons. The maximum absolute atomic E-state index is 13.9. The van der Waals surface area contributed by atoms with Gasteiger partial charge in [-0.1, -0.05) is 45.4 Å². The molecule has 0 saturated heterocycles. The second kappa shape index (κ2) is 9.54. The predicted molar refractivity (Wildman–Crippen MR) is 139 cm³/mol. The molecule has 0 radical (unpaired) electrons. The molecule has 6 nitrogen and oxygen atoms in total. The lowest BCUT2D eigenvalue weighted by molar-refractivity contribution is -0.102. The van der Waals surface area contributed by atoms with Crippen LogP contribution in [0.4, 0.5) is 19.4 Å². The number of pyridine rings is 1. The highest BCUT2D eigenvalue weighted by Crippen LogP contribution is 2.51. The molecule has 4 rings (SSSR count). The summed E-state index contributed by atoms with van der Waals surface area (Å²) in [6.45, 7) is 10.6. The fraction of sp³-hybridized carbons (Fsp3) is 0.483. The summed E-state index contributed by atoms with van der Waals surface area (Å²) in [7, 11) is 0. The highest BCUT2D eigenvalue weighted by molar-refractivity contribution is 5.96. The number of aromatic carboxylic acids is 1. The Hall–Kier alpha value is -3.29. The van der Waals surface area contributed by atoms with Crippen LogP contribution in [0.25, 0.3) is 0 Å². The third-order valence-electron chi connectivity index (χ3n) is 8.14. The van der Waals surface area contributed by atoms with Crippen LogP contribution in [-0.4, -0.2) is 28.0 Å². The van der Waals surface area contributed by atoms with E-state index in [2.05, 4.69) is 43.2 Å². The molecular formula is C29H35F2N3O3. The van der Waals surface area contributed by atoms with Gasteiger partial charge in [0.15, 0.2) is 0 Å². The van der Waals surface area contributed by atoms with Gasteiger partial charge >= 0.3 is 12.0 Å². The van der Waals surface area contributed by atoms with Crippen molar-refractivity contribution in [3.05, 3.63) is 70.6 Å². The molecule has 2 N–H and O–H groups in total. The first-order chi connectivity index (χ1) is 17.2. The lowest BCUT2D eigenvalue weighted by atomic mass is 9.67. The van der Waals surface area contributed by atoms with Crippen molar-refractivity contribution >= 4 is 17.8 Å². The summed E-state index contributed by atoms with van der Waals surface area (Å²) in [6.07, 6.45) is 5.31.